The van der Waals surface area contributed by atoms with Gasteiger partial charge in [0.2, 0.25) is 11.6 Å². The van der Waals surface area contributed by atoms with Crippen molar-refractivity contribution >= 4 is 33.1 Å². The highest BCUT2D eigenvalue weighted by Crippen LogP contribution is 2.48. The number of hydrogen-bond acceptors (Lipinski definition) is 5. The van der Waals surface area contributed by atoms with Gasteiger partial charge in [0.25, 0.3) is 10.1 Å². The van der Waals surface area contributed by atoms with Crippen molar-refractivity contribution in [2.75, 3.05) is 36.8 Å². The molecule has 246 valence electrons. The average Bonchev–Trinajstić information content (AvgIpc) is 3.35. The molecule has 46 heavy (non-hydrogen) atoms. The first-order chi connectivity index (χ1) is 21.9. The molecule has 2 N–H and O–H groups in total. The number of azide groups is 1. The van der Waals surface area contributed by atoms with Crippen molar-refractivity contribution in [2.45, 2.75) is 77.0 Å². The molecule has 0 bridgehead atoms. The lowest BCUT2D eigenvalue weighted by Gasteiger charge is -2.27. The summed E-state index contributed by atoms with van der Waals surface area (Å²) in [6.45, 7) is 11.1. The van der Waals surface area contributed by atoms with Crippen molar-refractivity contribution in [1.29, 1.82) is 0 Å². The normalized spacial score (nSPS) is 17.3. The number of hydrogen-bond donors (Lipinski definition) is 2. The number of carbonyl (C=O) groups is 1. The number of anilines is 1. The van der Waals surface area contributed by atoms with Crippen molar-refractivity contribution in [2.24, 2.45) is 5.11 Å². The molecule has 2 aromatic carbocycles. The number of para-hydroxylation sites is 2. The highest BCUT2D eigenvalue weighted by molar-refractivity contribution is 7.85. The van der Waals surface area contributed by atoms with E-state index in [1.165, 1.54) is 22.5 Å². The second kappa shape index (κ2) is 15.1. The monoisotopic (exact) mass is 647 g/mol. The maximum Gasteiger partial charge on any atom is 0.265 e. The Kier molecular flexibility index (Phi) is 11.5. The van der Waals surface area contributed by atoms with Crippen molar-refractivity contribution in [3.05, 3.63) is 94.0 Å². The molecule has 0 radical (unpaired) electrons. The van der Waals surface area contributed by atoms with Crippen LogP contribution in [0.4, 0.5) is 11.4 Å². The molecule has 0 saturated heterocycles. The number of rotatable bonds is 16. The quantitative estimate of drug-likeness (QED) is 0.0507. The van der Waals surface area contributed by atoms with Crippen LogP contribution < -0.4 is 10.2 Å². The van der Waals surface area contributed by atoms with Crippen LogP contribution in [0, 0.1) is 0 Å². The van der Waals surface area contributed by atoms with Gasteiger partial charge in [-0.15, -0.1) is 0 Å². The number of nitrogens with zero attached hydrogens (tertiary/aromatic N) is 5. The minimum Gasteiger partial charge on any atom is -0.356 e. The largest absolute Gasteiger partial charge is 0.356 e. The Balaban J connectivity index is 1.50. The Bertz CT molecular complexity index is 1670. The van der Waals surface area contributed by atoms with Crippen LogP contribution in [0.2, 0.25) is 0 Å². The number of allylic oxidation sites excluding steroid dienone is 4. The number of carbonyl (C=O) groups excluding carboxylic acids is 1. The molecule has 2 aliphatic rings. The number of unbranched alkanes of at least 4 members (excludes halogenated alkanes) is 2. The third kappa shape index (κ3) is 8.26. The fourth-order valence-electron chi connectivity index (χ4n) is 6.64. The number of nitrogens with one attached hydrogen (secondary N) is 1. The SMILES string of the molecule is CC1(C)C(/C=C/C=C2/N(CCCCCC(=O)NCCCN=[N+]=[N-])c3ccccc3C2(C)C)=[N+](CCCS(=O)(=O)O)c2ccccc21. The van der Waals surface area contributed by atoms with E-state index < -0.39 is 10.1 Å². The van der Waals surface area contributed by atoms with E-state index in [0.717, 1.165) is 37.2 Å². The lowest BCUT2D eigenvalue weighted by atomic mass is 9.81. The van der Waals surface area contributed by atoms with Crippen LogP contribution in [0.25, 0.3) is 10.4 Å². The van der Waals surface area contributed by atoms with Crippen LogP contribution in [0.5, 0.6) is 0 Å². The third-order valence-electron chi connectivity index (χ3n) is 9.00. The fourth-order valence-corrected chi connectivity index (χ4v) is 7.14. The summed E-state index contributed by atoms with van der Waals surface area (Å²) in [6.07, 6.45) is 10.6. The second-order valence-electron chi connectivity index (χ2n) is 13.0. The first-order valence-electron chi connectivity index (χ1n) is 16.1. The molecule has 0 aromatic heterocycles. The molecule has 1 amide bonds. The summed E-state index contributed by atoms with van der Waals surface area (Å²) >= 11 is 0. The molecule has 4 rings (SSSR count). The molecule has 2 aromatic rings. The molecule has 0 fully saturated rings. The maximum atomic E-state index is 12.2. The summed E-state index contributed by atoms with van der Waals surface area (Å²) in [5.41, 5.74) is 14.9. The van der Waals surface area contributed by atoms with Crippen LogP contribution in [0.3, 0.4) is 0 Å². The van der Waals surface area contributed by atoms with Crippen LogP contribution in [-0.4, -0.2) is 61.1 Å². The van der Waals surface area contributed by atoms with Gasteiger partial charge in [-0.25, -0.2) is 0 Å². The van der Waals surface area contributed by atoms with Crippen LogP contribution in [0.15, 0.2) is 77.6 Å². The topological polar surface area (TPSA) is 138 Å². The Labute approximate surface area is 273 Å². The highest BCUT2D eigenvalue weighted by Gasteiger charge is 2.44. The summed E-state index contributed by atoms with van der Waals surface area (Å²) in [7, 11) is -4.04. The number of benzene rings is 2. The Morgan fingerprint density at radius 2 is 1.72 bits per heavy atom. The molecule has 0 aliphatic carbocycles. The summed E-state index contributed by atoms with van der Waals surface area (Å²) < 4.78 is 34.4. The van der Waals surface area contributed by atoms with Crippen LogP contribution >= 0.6 is 0 Å². The van der Waals surface area contributed by atoms with Crippen molar-refractivity contribution in [1.82, 2.24) is 5.32 Å². The molecule has 11 heteroatoms. The second-order valence-corrected chi connectivity index (χ2v) is 14.6. The van der Waals surface area contributed by atoms with E-state index in [4.69, 9.17) is 5.53 Å². The highest BCUT2D eigenvalue weighted by atomic mass is 32.2. The first kappa shape index (κ1) is 34.9. The van der Waals surface area contributed by atoms with Crippen molar-refractivity contribution in [3.63, 3.8) is 0 Å². The number of amides is 1. The lowest BCUT2D eigenvalue weighted by molar-refractivity contribution is -0.437. The van der Waals surface area contributed by atoms with E-state index >= 15 is 0 Å². The average molecular weight is 648 g/mol. The van der Waals surface area contributed by atoms with Gasteiger partial charge in [0.05, 0.1) is 11.2 Å². The Morgan fingerprint density at radius 1 is 1.00 bits per heavy atom. The molecule has 0 saturated carbocycles. The van der Waals surface area contributed by atoms with Gasteiger partial charge in [-0.05, 0) is 56.3 Å². The Hall–Kier alpha value is -3.92. The van der Waals surface area contributed by atoms with Crippen LogP contribution in [0.1, 0.15) is 77.3 Å². The minimum absolute atomic E-state index is 0.0285. The molecule has 0 atom stereocenters. The van der Waals surface area contributed by atoms with E-state index in [-0.39, 0.29) is 22.5 Å². The van der Waals surface area contributed by atoms with E-state index in [2.05, 4.69) is 107 Å². The summed E-state index contributed by atoms with van der Waals surface area (Å²) in [4.78, 5) is 17.3. The molecule has 10 nitrogen and oxygen atoms in total. The first-order valence-corrected chi connectivity index (χ1v) is 17.7. The maximum absolute atomic E-state index is 12.2. The molecule has 0 spiro atoms. The van der Waals surface area contributed by atoms with Gasteiger partial charge < -0.3 is 10.2 Å². The predicted molar refractivity (Wildman–Crippen MR) is 184 cm³/mol. The van der Waals surface area contributed by atoms with Gasteiger partial charge in [0, 0.05) is 71.9 Å². The standard InChI is InChI=1S/C35H46N6O4S/c1-34(2)27-15-7-9-17-29(27)40(24-11-5-6-21-33(42)37-22-13-23-38-39-36)31(34)19-12-20-32-35(3,4)28-16-8-10-18-30(28)41(32)25-14-26-46(43,44)45/h7-10,12,15-20H,5-6,11,13-14,21-26H2,1-4H3,(H-,37,42,43,44,45)/p+1. The molecule has 0 unspecified atom stereocenters. The Morgan fingerprint density at radius 3 is 2.46 bits per heavy atom. The minimum atomic E-state index is -4.04. The van der Waals surface area contributed by atoms with Gasteiger partial charge in [-0.2, -0.15) is 13.0 Å². The van der Waals surface area contributed by atoms with Crippen LogP contribution in [-0.2, 0) is 25.7 Å². The lowest BCUT2D eigenvalue weighted by Crippen LogP contribution is -2.28. The van der Waals surface area contributed by atoms with E-state index in [1.54, 1.807) is 0 Å². The zero-order valence-electron chi connectivity index (χ0n) is 27.4. The van der Waals surface area contributed by atoms with Gasteiger partial charge in [-0.3, -0.25) is 9.35 Å². The third-order valence-corrected chi connectivity index (χ3v) is 9.80. The summed E-state index contributed by atoms with van der Waals surface area (Å²) in [6, 6.07) is 16.7. The van der Waals surface area contributed by atoms with Gasteiger partial charge in [0.1, 0.15) is 6.54 Å². The predicted octanol–water partition coefficient (Wildman–Crippen LogP) is 6.96. The van der Waals surface area contributed by atoms with E-state index in [9.17, 15) is 17.8 Å². The zero-order chi connectivity index (χ0) is 33.4. The summed E-state index contributed by atoms with van der Waals surface area (Å²) in [5, 5.41) is 6.38. The van der Waals surface area contributed by atoms with Gasteiger partial charge in [-0.1, -0.05) is 67.9 Å². The van der Waals surface area contributed by atoms with Gasteiger partial charge in [0.15, 0.2) is 5.71 Å². The molecule has 2 aliphatic heterocycles. The molecule has 2 heterocycles. The fraction of sp³-hybridized carbons (Fsp3) is 0.486. The van der Waals surface area contributed by atoms with E-state index in [0.29, 0.717) is 38.9 Å². The van der Waals surface area contributed by atoms with Crippen molar-refractivity contribution < 1.29 is 22.3 Å². The van der Waals surface area contributed by atoms with Gasteiger partial charge >= 0.3 is 0 Å². The zero-order valence-corrected chi connectivity index (χ0v) is 28.3. The van der Waals surface area contributed by atoms with Crippen molar-refractivity contribution in [3.8, 4) is 0 Å². The molecular weight excluding hydrogens is 600 g/mol. The summed E-state index contributed by atoms with van der Waals surface area (Å²) in [5.74, 6) is -0.251. The molecular formula is C35H47N6O4S+. The van der Waals surface area contributed by atoms with E-state index in [1.807, 2.05) is 12.1 Å². The number of fused-ring (bicyclic) bond motifs is 2. The smallest absolute Gasteiger partial charge is 0.265 e.